The van der Waals surface area contributed by atoms with E-state index in [4.69, 9.17) is 0 Å². The minimum absolute atomic E-state index is 0.835. The zero-order chi connectivity index (χ0) is 11.7. The van der Waals surface area contributed by atoms with Gasteiger partial charge in [0, 0.05) is 12.6 Å². The lowest BCUT2D eigenvalue weighted by Crippen LogP contribution is -2.36. The van der Waals surface area contributed by atoms with Crippen LogP contribution in [0.2, 0.25) is 0 Å². The highest BCUT2D eigenvalue weighted by Crippen LogP contribution is 2.43. The van der Waals surface area contributed by atoms with E-state index in [1.165, 1.54) is 37.7 Å². The number of benzene rings is 1. The van der Waals surface area contributed by atoms with Gasteiger partial charge in [-0.2, -0.15) is 0 Å². The van der Waals surface area contributed by atoms with E-state index in [1.54, 1.807) is 0 Å². The van der Waals surface area contributed by atoms with Gasteiger partial charge >= 0.3 is 0 Å². The van der Waals surface area contributed by atoms with Crippen LogP contribution in [0.1, 0.15) is 37.7 Å². The summed E-state index contributed by atoms with van der Waals surface area (Å²) in [6, 6.07) is 11.7. The maximum Gasteiger partial charge on any atom is 0.0233 e. The molecule has 17 heavy (non-hydrogen) atoms. The molecule has 3 atom stereocenters. The first kappa shape index (κ1) is 11.3. The minimum atomic E-state index is 0.835. The van der Waals surface area contributed by atoms with Crippen molar-refractivity contribution in [1.82, 2.24) is 4.90 Å². The molecule has 0 aromatic heterocycles. The number of hydrogen-bond donors (Lipinski definition) is 0. The topological polar surface area (TPSA) is 3.24 Å². The molecule has 1 aromatic carbocycles. The molecule has 2 bridgehead atoms. The second-order valence-corrected chi connectivity index (χ2v) is 6.07. The first-order valence-corrected chi connectivity index (χ1v) is 7.05. The van der Waals surface area contributed by atoms with Crippen LogP contribution < -0.4 is 0 Å². The van der Waals surface area contributed by atoms with Gasteiger partial charge in [-0.3, -0.25) is 4.90 Å². The fraction of sp³-hybridized carbons (Fsp3) is 0.625. The lowest BCUT2D eigenvalue weighted by atomic mass is 9.85. The third-order valence-electron chi connectivity index (χ3n) is 4.76. The summed E-state index contributed by atoms with van der Waals surface area (Å²) in [6.07, 6.45) is 7.41. The number of hydrogen-bond acceptors (Lipinski definition) is 1. The van der Waals surface area contributed by atoms with Crippen LogP contribution in [0.4, 0.5) is 0 Å². The van der Waals surface area contributed by atoms with Crippen LogP contribution in [0.25, 0.3) is 0 Å². The lowest BCUT2D eigenvalue weighted by molar-refractivity contribution is 0.147. The molecule has 3 rings (SSSR count). The number of rotatable bonds is 3. The van der Waals surface area contributed by atoms with Crippen molar-refractivity contribution in [2.45, 2.75) is 44.7 Å². The quantitative estimate of drug-likeness (QED) is 0.764. The van der Waals surface area contributed by atoms with Gasteiger partial charge in [0.1, 0.15) is 0 Å². The molecule has 0 amide bonds. The molecule has 0 spiro atoms. The van der Waals surface area contributed by atoms with Crippen molar-refractivity contribution in [1.29, 1.82) is 0 Å². The summed E-state index contributed by atoms with van der Waals surface area (Å²) in [7, 11) is 2.31. The van der Waals surface area contributed by atoms with E-state index in [9.17, 15) is 0 Å². The maximum atomic E-state index is 2.58. The van der Waals surface area contributed by atoms with Gasteiger partial charge in [-0.25, -0.2) is 0 Å². The van der Waals surface area contributed by atoms with Crippen molar-refractivity contribution in [3.63, 3.8) is 0 Å². The Morgan fingerprint density at radius 1 is 1.00 bits per heavy atom. The number of nitrogens with zero attached hydrogens (tertiary/aromatic N) is 1. The Kier molecular flexibility index (Phi) is 3.19. The Labute approximate surface area is 105 Å². The summed E-state index contributed by atoms with van der Waals surface area (Å²) in [5.41, 5.74) is 1.45. The molecule has 1 aromatic rings. The minimum Gasteiger partial charge on any atom is -0.299 e. The largest absolute Gasteiger partial charge is 0.299 e. The molecular weight excluding hydrogens is 206 g/mol. The fourth-order valence-corrected chi connectivity index (χ4v) is 3.83. The summed E-state index contributed by atoms with van der Waals surface area (Å²) < 4.78 is 0. The van der Waals surface area contributed by atoms with E-state index in [1.807, 2.05) is 0 Å². The second kappa shape index (κ2) is 4.81. The molecule has 0 heterocycles. The van der Waals surface area contributed by atoms with Crippen LogP contribution in [-0.4, -0.2) is 18.0 Å². The highest BCUT2D eigenvalue weighted by molar-refractivity contribution is 5.14. The van der Waals surface area contributed by atoms with E-state index in [-0.39, 0.29) is 0 Å². The van der Waals surface area contributed by atoms with Gasteiger partial charge in [0.25, 0.3) is 0 Å². The van der Waals surface area contributed by atoms with Gasteiger partial charge in [0.15, 0.2) is 0 Å². The van der Waals surface area contributed by atoms with Crippen molar-refractivity contribution in [2.24, 2.45) is 11.8 Å². The molecular formula is C16H23N. The normalized spacial score (nSPS) is 32.0. The lowest BCUT2D eigenvalue weighted by Gasteiger charge is -2.34. The van der Waals surface area contributed by atoms with Crippen molar-refractivity contribution in [3.8, 4) is 0 Å². The molecule has 2 fully saturated rings. The van der Waals surface area contributed by atoms with Crippen molar-refractivity contribution >= 4 is 0 Å². The monoisotopic (exact) mass is 229 g/mol. The Morgan fingerprint density at radius 3 is 2.29 bits per heavy atom. The van der Waals surface area contributed by atoms with Gasteiger partial charge in [0.05, 0.1) is 0 Å². The molecule has 1 nitrogen and oxygen atoms in total. The fourth-order valence-electron chi connectivity index (χ4n) is 3.83. The molecule has 0 aliphatic heterocycles. The Morgan fingerprint density at radius 2 is 1.65 bits per heavy atom. The maximum absolute atomic E-state index is 2.58. The zero-order valence-corrected chi connectivity index (χ0v) is 10.8. The summed E-state index contributed by atoms with van der Waals surface area (Å²) in [5.74, 6) is 2.08. The third-order valence-corrected chi connectivity index (χ3v) is 4.76. The molecule has 2 saturated carbocycles. The molecule has 1 heteroatoms. The van der Waals surface area contributed by atoms with E-state index in [0.29, 0.717) is 0 Å². The van der Waals surface area contributed by atoms with Crippen molar-refractivity contribution in [3.05, 3.63) is 35.9 Å². The summed E-state index contributed by atoms with van der Waals surface area (Å²) in [4.78, 5) is 2.58. The van der Waals surface area contributed by atoms with Crippen LogP contribution in [0.3, 0.4) is 0 Å². The predicted octanol–water partition coefficient (Wildman–Crippen LogP) is 3.70. The van der Waals surface area contributed by atoms with Crippen LogP contribution in [-0.2, 0) is 6.54 Å². The smallest absolute Gasteiger partial charge is 0.0233 e. The first-order valence-electron chi connectivity index (χ1n) is 7.05. The van der Waals surface area contributed by atoms with E-state index < -0.39 is 0 Å². The van der Waals surface area contributed by atoms with Gasteiger partial charge < -0.3 is 0 Å². The Balaban J connectivity index is 1.61. The van der Waals surface area contributed by atoms with Crippen molar-refractivity contribution in [2.75, 3.05) is 7.05 Å². The van der Waals surface area contributed by atoms with Crippen LogP contribution in [0.5, 0.6) is 0 Å². The van der Waals surface area contributed by atoms with Crippen LogP contribution in [0.15, 0.2) is 30.3 Å². The first-order chi connectivity index (χ1) is 8.31. The molecule has 92 valence electrons. The van der Waals surface area contributed by atoms with E-state index in [0.717, 1.165) is 24.4 Å². The van der Waals surface area contributed by atoms with Crippen molar-refractivity contribution < 1.29 is 0 Å². The second-order valence-electron chi connectivity index (χ2n) is 6.07. The van der Waals surface area contributed by atoms with E-state index in [2.05, 4.69) is 42.3 Å². The van der Waals surface area contributed by atoms with Gasteiger partial charge in [-0.15, -0.1) is 0 Å². The Bertz CT molecular complexity index is 347. The molecule has 2 aliphatic rings. The average Bonchev–Trinajstić information content (AvgIpc) is 2.69. The molecule has 0 radical (unpaired) electrons. The molecule has 2 aliphatic carbocycles. The van der Waals surface area contributed by atoms with Crippen LogP contribution in [0, 0.1) is 11.8 Å². The zero-order valence-electron chi connectivity index (χ0n) is 10.8. The standard InChI is InChI=1S/C16H23N/c1-17(12-13-5-3-2-4-6-13)16-10-14-7-8-15(9-14)11-16/h2-6,14-16H,7-12H2,1H3/t14-,15+,16+. The predicted molar refractivity (Wildman–Crippen MR) is 71.8 cm³/mol. The number of fused-ring (bicyclic) bond motifs is 2. The molecule has 0 saturated heterocycles. The summed E-state index contributed by atoms with van der Waals surface area (Å²) >= 11 is 0. The van der Waals surface area contributed by atoms with Gasteiger partial charge in [-0.05, 0) is 43.7 Å². The highest BCUT2D eigenvalue weighted by atomic mass is 15.1. The summed E-state index contributed by atoms with van der Waals surface area (Å²) in [5, 5.41) is 0. The Hall–Kier alpha value is -0.820. The SMILES string of the molecule is CN(Cc1ccccc1)[C@H]1C[C@@H]2CC[C@@H](C2)C1. The molecule has 0 unspecified atom stereocenters. The van der Waals surface area contributed by atoms with E-state index >= 15 is 0 Å². The van der Waals surface area contributed by atoms with Gasteiger partial charge in [0.2, 0.25) is 0 Å². The van der Waals surface area contributed by atoms with Crippen LogP contribution >= 0.6 is 0 Å². The average molecular weight is 229 g/mol. The highest BCUT2D eigenvalue weighted by Gasteiger charge is 2.35. The summed E-state index contributed by atoms with van der Waals surface area (Å²) in [6.45, 7) is 1.12. The molecule has 0 N–H and O–H groups in total. The van der Waals surface area contributed by atoms with Gasteiger partial charge in [-0.1, -0.05) is 43.2 Å². The third kappa shape index (κ3) is 2.55.